The Labute approximate surface area is 122 Å². The number of nitrogens with zero attached hydrogens (tertiary/aromatic N) is 2. The van der Waals surface area contributed by atoms with Gasteiger partial charge in [-0.05, 0) is 29.8 Å². The van der Waals surface area contributed by atoms with E-state index in [1.165, 1.54) is 7.11 Å². The summed E-state index contributed by atoms with van der Waals surface area (Å²) in [6.45, 7) is 1.71. The molecule has 0 saturated heterocycles. The second-order valence-corrected chi connectivity index (χ2v) is 4.37. The van der Waals surface area contributed by atoms with Gasteiger partial charge in [-0.3, -0.25) is 4.79 Å². The summed E-state index contributed by atoms with van der Waals surface area (Å²) in [7, 11) is 1.26. The maximum Gasteiger partial charge on any atom is 0.341 e. The number of carbonyl (C=O) groups is 2. The van der Waals surface area contributed by atoms with Crippen molar-refractivity contribution >= 4 is 17.8 Å². The Hall–Kier alpha value is -2.69. The van der Waals surface area contributed by atoms with Gasteiger partial charge in [0, 0.05) is 18.8 Å². The highest BCUT2D eigenvalue weighted by Gasteiger charge is 2.16. The maximum atomic E-state index is 11.8. The van der Waals surface area contributed by atoms with Crippen molar-refractivity contribution in [2.75, 3.05) is 7.11 Å². The number of ketones is 1. The van der Waals surface area contributed by atoms with Gasteiger partial charge in [0.25, 0.3) is 0 Å². The molecule has 0 saturated carbocycles. The number of rotatable bonds is 5. The van der Waals surface area contributed by atoms with Crippen LogP contribution >= 0.6 is 0 Å². The fourth-order valence-corrected chi connectivity index (χ4v) is 1.87. The van der Waals surface area contributed by atoms with Crippen molar-refractivity contribution in [3.63, 3.8) is 0 Å². The first-order valence-electron chi connectivity index (χ1n) is 6.59. The van der Waals surface area contributed by atoms with E-state index in [4.69, 9.17) is 0 Å². The van der Waals surface area contributed by atoms with Crippen molar-refractivity contribution in [3.05, 3.63) is 53.9 Å². The Morgan fingerprint density at radius 1 is 1.29 bits per heavy atom. The van der Waals surface area contributed by atoms with Gasteiger partial charge < -0.3 is 4.74 Å². The second kappa shape index (κ2) is 6.65. The first-order chi connectivity index (χ1) is 10.2. The van der Waals surface area contributed by atoms with Crippen LogP contribution in [0.25, 0.3) is 11.8 Å². The highest BCUT2D eigenvalue weighted by atomic mass is 16.5. The quantitative estimate of drug-likeness (QED) is 0.366. The maximum absolute atomic E-state index is 11.8. The number of benzene rings is 1. The summed E-state index contributed by atoms with van der Waals surface area (Å²) in [4.78, 5) is 23.4. The molecule has 0 atom stereocenters. The monoisotopic (exact) mass is 284 g/mol. The molecule has 0 aliphatic heterocycles. The highest BCUT2D eigenvalue weighted by molar-refractivity contribution is 6.20. The fraction of sp³-hybridized carbons (Fsp3) is 0.188. The molecule has 21 heavy (non-hydrogen) atoms. The normalized spacial score (nSPS) is 11.2. The van der Waals surface area contributed by atoms with E-state index in [0.717, 1.165) is 11.3 Å². The minimum absolute atomic E-state index is 0.0619. The largest absolute Gasteiger partial charge is 0.465 e. The molecular formula is C16H16N2O3. The van der Waals surface area contributed by atoms with Crippen LogP contribution in [-0.4, -0.2) is 28.6 Å². The molecule has 0 fully saturated rings. The first-order valence-corrected chi connectivity index (χ1v) is 6.59. The molecule has 2 aromatic rings. The number of methoxy groups -OCH3 is 1. The van der Waals surface area contributed by atoms with Gasteiger partial charge in [0.05, 0.1) is 12.8 Å². The van der Waals surface area contributed by atoms with Crippen LogP contribution < -0.4 is 0 Å². The Kier molecular flexibility index (Phi) is 4.66. The lowest BCUT2D eigenvalue weighted by Gasteiger charge is -2.04. The predicted molar refractivity (Wildman–Crippen MR) is 78.9 cm³/mol. The molecule has 0 unspecified atom stereocenters. The standard InChI is InChI=1S/C16H16N2O3/c1-3-15(19)14(16(20)21-2)11-12-5-7-13(8-6-12)18-10-4-9-17-18/h4-11H,3H2,1-2H3. The number of aromatic nitrogens is 2. The lowest BCUT2D eigenvalue weighted by atomic mass is 10.1. The first kappa shape index (κ1) is 14.7. The summed E-state index contributed by atoms with van der Waals surface area (Å²) >= 11 is 0. The third-order valence-corrected chi connectivity index (χ3v) is 3.00. The van der Waals surface area contributed by atoms with Gasteiger partial charge in [-0.2, -0.15) is 5.10 Å². The van der Waals surface area contributed by atoms with Gasteiger partial charge in [0.2, 0.25) is 0 Å². The average molecular weight is 284 g/mol. The Morgan fingerprint density at radius 2 is 2.00 bits per heavy atom. The van der Waals surface area contributed by atoms with Crippen molar-refractivity contribution in [2.24, 2.45) is 0 Å². The zero-order valence-corrected chi connectivity index (χ0v) is 11.9. The minimum Gasteiger partial charge on any atom is -0.465 e. The number of esters is 1. The van der Waals surface area contributed by atoms with E-state index in [2.05, 4.69) is 9.84 Å². The second-order valence-electron chi connectivity index (χ2n) is 4.37. The summed E-state index contributed by atoms with van der Waals surface area (Å²) in [5.41, 5.74) is 1.72. The van der Waals surface area contributed by atoms with Crippen LogP contribution in [0, 0.1) is 0 Å². The van der Waals surface area contributed by atoms with Crippen molar-refractivity contribution in [1.82, 2.24) is 9.78 Å². The van der Waals surface area contributed by atoms with Crippen molar-refractivity contribution in [2.45, 2.75) is 13.3 Å². The minimum atomic E-state index is -0.613. The highest BCUT2D eigenvalue weighted by Crippen LogP contribution is 2.14. The zero-order valence-electron chi connectivity index (χ0n) is 11.9. The van der Waals surface area contributed by atoms with Crippen molar-refractivity contribution in [1.29, 1.82) is 0 Å². The number of Topliss-reactive ketones (excluding diaryl/α,β-unsaturated/α-hetero) is 1. The third-order valence-electron chi connectivity index (χ3n) is 3.00. The SMILES string of the molecule is CCC(=O)C(=Cc1ccc(-n2cccn2)cc1)C(=O)OC. The summed E-state index contributed by atoms with van der Waals surface area (Å²) in [6, 6.07) is 9.21. The van der Waals surface area contributed by atoms with Crippen LogP contribution in [0.3, 0.4) is 0 Å². The number of ether oxygens (including phenoxy) is 1. The lowest BCUT2D eigenvalue weighted by molar-refractivity contribution is -0.137. The Morgan fingerprint density at radius 3 is 2.52 bits per heavy atom. The van der Waals surface area contributed by atoms with Crippen molar-refractivity contribution < 1.29 is 14.3 Å². The molecule has 0 bridgehead atoms. The van der Waals surface area contributed by atoms with E-state index in [9.17, 15) is 9.59 Å². The van der Waals surface area contributed by atoms with Gasteiger partial charge in [-0.1, -0.05) is 19.1 Å². The molecule has 2 rings (SSSR count). The number of hydrogen-bond acceptors (Lipinski definition) is 4. The van der Waals surface area contributed by atoms with E-state index < -0.39 is 5.97 Å². The fourth-order valence-electron chi connectivity index (χ4n) is 1.87. The molecule has 0 aliphatic carbocycles. The van der Waals surface area contributed by atoms with Gasteiger partial charge >= 0.3 is 5.97 Å². The smallest absolute Gasteiger partial charge is 0.341 e. The zero-order chi connectivity index (χ0) is 15.2. The van der Waals surface area contributed by atoms with Crippen LogP contribution in [0.4, 0.5) is 0 Å². The molecule has 0 aliphatic rings. The van der Waals surface area contributed by atoms with Gasteiger partial charge in [-0.25, -0.2) is 9.48 Å². The van der Waals surface area contributed by atoms with E-state index >= 15 is 0 Å². The van der Waals surface area contributed by atoms with Crippen LogP contribution in [0.15, 0.2) is 48.3 Å². The summed E-state index contributed by atoms with van der Waals surface area (Å²) < 4.78 is 6.38. The van der Waals surface area contributed by atoms with E-state index in [1.807, 2.05) is 36.5 Å². The third kappa shape index (κ3) is 3.45. The summed E-state index contributed by atoms with van der Waals surface area (Å²) in [6.07, 6.45) is 5.34. The van der Waals surface area contributed by atoms with Gasteiger partial charge in [-0.15, -0.1) is 0 Å². The van der Waals surface area contributed by atoms with Crippen molar-refractivity contribution in [3.8, 4) is 5.69 Å². The van der Waals surface area contributed by atoms with Crippen LogP contribution in [0.5, 0.6) is 0 Å². The van der Waals surface area contributed by atoms with Crippen LogP contribution in [0.2, 0.25) is 0 Å². The van der Waals surface area contributed by atoms with E-state index in [0.29, 0.717) is 0 Å². The Balaban J connectivity index is 2.30. The van der Waals surface area contributed by atoms with Crippen LogP contribution in [-0.2, 0) is 14.3 Å². The number of carbonyl (C=O) groups excluding carboxylic acids is 2. The number of hydrogen-bond donors (Lipinski definition) is 0. The molecule has 1 aromatic carbocycles. The molecule has 1 heterocycles. The molecule has 0 spiro atoms. The Bertz CT molecular complexity index is 637. The lowest BCUT2D eigenvalue weighted by Crippen LogP contribution is -2.13. The average Bonchev–Trinajstić information content (AvgIpc) is 3.06. The van der Waals surface area contributed by atoms with Crippen LogP contribution in [0.1, 0.15) is 18.9 Å². The summed E-state index contributed by atoms with van der Waals surface area (Å²) in [5, 5.41) is 4.13. The summed E-state index contributed by atoms with van der Waals surface area (Å²) in [5.74, 6) is -0.851. The predicted octanol–water partition coefficient (Wildman–Crippen LogP) is 2.41. The van der Waals surface area contributed by atoms with Gasteiger partial charge in [0.15, 0.2) is 5.78 Å². The molecule has 0 radical (unpaired) electrons. The van der Waals surface area contributed by atoms with Gasteiger partial charge in [0.1, 0.15) is 5.57 Å². The van der Waals surface area contributed by atoms with E-state index in [-0.39, 0.29) is 17.8 Å². The molecule has 5 heteroatoms. The molecule has 1 aromatic heterocycles. The molecule has 0 amide bonds. The molecule has 0 N–H and O–H groups in total. The topological polar surface area (TPSA) is 61.2 Å². The molecular weight excluding hydrogens is 268 g/mol. The molecule has 5 nitrogen and oxygen atoms in total. The molecule has 108 valence electrons. The van der Waals surface area contributed by atoms with E-state index in [1.54, 1.807) is 23.9 Å².